The second-order valence-corrected chi connectivity index (χ2v) is 9.35. The normalized spacial score (nSPS) is 8.00. The van der Waals surface area contributed by atoms with Crippen LogP contribution in [0.5, 0.6) is 0 Å². The van der Waals surface area contributed by atoms with Crippen LogP contribution in [-0.2, 0) is 0 Å². The SMILES string of the molecule is [Br][Mg][Br].[CH2]C/C=C/CC. The predicted molar refractivity (Wildman–Crippen MR) is 53.0 cm³/mol. The Morgan fingerprint density at radius 3 is 2.00 bits per heavy atom. The van der Waals surface area contributed by atoms with E-state index in [2.05, 4.69) is 51.8 Å². The van der Waals surface area contributed by atoms with Gasteiger partial charge in [-0.25, -0.2) is 0 Å². The zero-order valence-corrected chi connectivity index (χ0v) is 10.3. The van der Waals surface area contributed by atoms with E-state index < -0.39 is 0 Å². The molecule has 0 saturated carbocycles. The first kappa shape index (κ1) is 13.1. The average molecular weight is 267 g/mol. The summed E-state index contributed by atoms with van der Waals surface area (Å²) >= 11 is 6.44. The van der Waals surface area contributed by atoms with Gasteiger partial charge < -0.3 is 0 Å². The zero-order chi connectivity index (χ0) is 7.54. The molecule has 0 saturated heterocycles. The van der Waals surface area contributed by atoms with E-state index in [0.29, 0.717) is 0 Å². The van der Waals surface area contributed by atoms with Gasteiger partial charge in [-0.15, -0.1) is 0 Å². The maximum absolute atomic E-state index is 3.64. The molecule has 0 amide bonds. The van der Waals surface area contributed by atoms with Crippen LogP contribution in [0.1, 0.15) is 19.8 Å². The van der Waals surface area contributed by atoms with Crippen LogP contribution in [0.3, 0.4) is 0 Å². The van der Waals surface area contributed by atoms with Crippen molar-refractivity contribution in [2.24, 2.45) is 0 Å². The van der Waals surface area contributed by atoms with Crippen molar-refractivity contribution in [1.82, 2.24) is 0 Å². The standard InChI is InChI=1S/C6H11.2BrH.Mg/c1-3-5-6-4-2;;;/h5-6H,1,3-4H2,2H3;2*1H;/q;;;+2/p-2/b6-5+;;;. The highest BCUT2D eigenvalue weighted by atomic mass is 79.9. The lowest BCUT2D eigenvalue weighted by molar-refractivity contribution is 1.20. The third kappa shape index (κ3) is 26.5. The fourth-order valence-corrected chi connectivity index (χ4v) is 0.285. The molecular weight excluding hydrogens is 256 g/mol. The second kappa shape index (κ2) is 16.2. The Labute approximate surface area is 79.9 Å². The lowest BCUT2D eigenvalue weighted by Crippen LogP contribution is -1.51. The van der Waals surface area contributed by atoms with Gasteiger partial charge in [-0.3, -0.25) is 25.8 Å². The van der Waals surface area contributed by atoms with E-state index in [1.165, 1.54) is 0 Å². The molecule has 0 aliphatic rings. The molecule has 0 spiro atoms. The maximum atomic E-state index is 3.64. The minimum atomic E-state index is 0.0417. The van der Waals surface area contributed by atoms with Crippen molar-refractivity contribution in [2.45, 2.75) is 19.8 Å². The highest BCUT2D eigenvalue weighted by molar-refractivity contribution is 9.47. The summed E-state index contributed by atoms with van der Waals surface area (Å²) in [6, 6.07) is 0. The predicted octanol–water partition coefficient (Wildman–Crippen LogP) is 3.49. The summed E-state index contributed by atoms with van der Waals surface area (Å²) in [5, 5.41) is 0. The highest BCUT2D eigenvalue weighted by Crippen LogP contribution is 1.80. The Bertz CT molecular complexity index is 49.0. The number of hydrogen-bond donors (Lipinski definition) is 0. The van der Waals surface area contributed by atoms with Gasteiger partial charge in [-0.1, -0.05) is 19.1 Å². The van der Waals surface area contributed by atoms with Crippen LogP contribution in [0.2, 0.25) is 0 Å². The molecule has 0 bridgehead atoms. The van der Waals surface area contributed by atoms with Crippen molar-refractivity contribution in [3.8, 4) is 0 Å². The van der Waals surface area contributed by atoms with Gasteiger partial charge in [-0.2, -0.15) is 0 Å². The van der Waals surface area contributed by atoms with Gasteiger partial charge in [0.15, 0.2) is 0 Å². The van der Waals surface area contributed by atoms with Crippen molar-refractivity contribution < 1.29 is 0 Å². The molecule has 0 aliphatic heterocycles. The van der Waals surface area contributed by atoms with Crippen molar-refractivity contribution in [1.29, 1.82) is 0 Å². The van der Waals surface area contributed by atoms with Crippen LogP contribution in [-0.4, -0.2) is 16.0 Å². The van der Waals surface area contributed by atoms with Gasteiger partial charge in [0.25, 0.3) is 0 Å². The molecule has 51 valence electrons. The van der Waals surface area contributed by atoms with E-state index in [1.54, 1.807) is 0 Å². The van der Waals surface area contributed by atoms with Gasteiger partial charge in [0, 0.05) is 0 Å². The molecule has 0 rings (SSSR count). The third-order valence-electron chi connectivity index (χ3n) is 0.569. The topological polar surface area (TPSA) is 0 Å². The number of hydrogen-bond acceptors (Lipinski definition) is 0. The summed E-state index contributed by atoms with van der Waals surface area (Å²) < 4.78 is 0. The van der Waals surface area contributed by atoms with Crippen LogP contribution >= 0.6 is 25.8 Å². The monoisotopic (exact) mass is 265 g/mol. The summed E-state index contributed by atoms with van der Waals surface area (Å²) in [5.74, 6) is 0. The average Bonchev–Trinajstić information content (AvgIpc) is 1.86. The summed E-state index contributed by atoms with van der Waals surface area (Å²) in [6.45, 7) is 5.75. The van der Waals surface area contributed by atoms with Gasteiger partial charge in [0.2, 0.25) is 0 Å². The Morgan fingerprint density at radius 2 is 1.89 bits per heavy atom. The summed E-state index contributed by atoms with van der Waals surface area (Å²) in [5.41, 5.74) is 0. The summed E-state index contributed by atoms with van der Waals surface area (Å²) in [7, 11) is 0. The van der Waals surface area contributed by atoms with Gasteiger partial charge in [-0.05, 0) is 19.8 Å². The summed E-state index contributed by atoms with van der Waals surface area (Å²) in [4.78, 5) is 0. The Morgan fingerprint density at radius 1 is 1.44 bits per heavy atom. The summed E-state index contributed by atoms with van der Waals surface area (Å²) in [6.07, 6.45) is 6.25. The first-order chi connectivity index (χ1) is 4.33. The minimum absolute atomic E-state index is 0.0417. The number of allylic oxidation sites excluding steroid dienone is 2. The molecule has 0 aromatic rings. The second-order valence-electron chi connectivity index (χ2n) is 1.27. The molecule has 0 nitrogen and oxygen atoms in total. The smallest absolute Gasteiger partial charge is 0.280 e. The molecule has 0 aliphatic carbocycles. The van der Waals surface area contributed by atoms with Crippen LogP contribution in [0, 0.1) is 6.92 Å². The molecule has 0 aromatic carbocycles. The largest absolute Gasteiger partial charge is 0.560 e. The van der Waals surface area contributed by atoms with E-state index in [1.807, 2.05) is 0 Å². The number of rotatable bonds is 2. The van der Waals surface area contributed by atoms with E-state index in [4.69, 9.17) is 0 Å². The highest BCUT2D eigenvalue weighted by Gasteiger charge is 1.62. The molecule has 0 fully saturated rings. The van der Waals surface area contributed by atoms with Crippen LogP contribution < -0.4 is 0 Å². The van der Waals surface area contributed by atoms with E-state index in [9.17, 15) is 0 Å². The molecule has 0 atom stereocenters. The van der Waals surface area contributed by atoms with Gasteiger partial charge >= 0.3 is 16.0 Å². The van der Waals surface area contributed by atoms with E-state index in [0.717, 1.165) is 12.8 Å². The lowest BCUT2D eigenvalue weighted by atomic mass is 10.4. The molecule has 0 aromatic heterocycles. The molecule has 0 unspecified atom stereocenters. The fraction of sp³-hybridized carbons (Fsp3) is 0.500. The lowest BCUT2D eigenvalue weighted by Gasteiger charge is -1.72. The van der Waals surface area contributed by atoms with Gasteiger partial charge in [0.1, 0.15) is 0 Å². The maximum Gasteiger partial charge on any atom is 0.560 e. The van der Waals surface area contributed by atoms with Crippen LogP contribution in [0.15, 0.2) is 12.2 Å². The third-order valence-corrected chi connectivity index (χ3v) is 0.569. The molecular formula is C6H11Br2Mg. The Kier molecular flexibility index (Phi) is 23.6. The van der Waals surface area contributed by atoms with Crippen molar-refractivity contribution in [3.05, 3.63) is 19.1 Å². The van der Waals surface area contributed by atoms with E-state index in [-0.39, 0.29) is 16.0 Å². The molecule has 1 radical (unpaired) electrons. The van der Waals surface area contributed by atoms with Crippen LogP contribution in [0.4, 0.5) is 0 Å². The van der Waals surface area contributed by atoms with Crippen LogP contribution in [0.25, 0.3) is 0 Å². The Balaban J connectivity index is 0. The molecule has 3 heteroatoms. The first-order valence-corrected chi connectivity index (χ1v) is 10.7. The molecule has 0 N–H and O–H groups in total. The molecule has 9 heavy (non-hydrogen) atoms. The fourth-order valence-electron chi connectivity index (χ4n) is 0.285. The Hall–Kier alpha value is 1.47. The van der Waals surface area contributed by atoms with Gasteiger partial charge in [0.05, 0.1) is 0 Å². The van der Waals surface area contributed by atoms with Crippen molar-refractivity contribution in [2.75, 3.05) is 0 Å². The zero-order valence-electron chi connectivity index (χ0n) is 5.74. The van der Waals surface area contributed by atoms with Crippen molar-refractivity contribution in [3.63, 3.8) is 0 Å². The van der Waals surface area contributed by atoms with E-state index >= 15 is 0 Å². The first-order valence-electron chi connectivity index (χ1n) is 2.89. The molecule has 0 heterocycles. The van der Waals surface area contributed by atoms with Crippen molar-refractivity contribution >= 4 is 41.8 Å². The minimum Gasteiger partial charge on any atom is -0.280 e. The number of halogens is 2. The quantitative estimate of drug-likeness (QED) is 0.530.